The average molecular weight is 496 g/mol. The first kappa shape index (κ1) is 25.0. The number of nitrogens with zero attached hydrogens (tertiary/aromatic N) is 6. The van der Waals surface area contributed by atoms with E-state index in [1.54, 1.807) is 51.1 Å². The van der Waals surface area contributed by atoms with Crippen molar-refractivity contribution in [1.82, 2.24) is 29.7 Å². The van der Waals surface area contributed by atoms with E-state index in [1.807, 2.05) is 6.07 Å². The van der Waals surface area contributed by atoms with Crippen LogP contribution in [0.2, 0.25) is 5.02 Å². The fourth-order valence-corrected chi connectivity index (χ4v) is 4.57. The predicted octanol–water partition coefficient (Wildman–Crippen LogP) is 2.55. The van der Waals surface area contributed by atoms with Crippen LogP contribution in [-0.4, -0.2) is 70.8 Å². The molecule has 0 unspecified atom stereocenters. The highest BCUT2D eigenvalue weighted by molar-refractivity contribution is 7.93. The third-order valence-electron chi connectivity index (χ3n) is 5.17. The number of hydrogen-bond donors (Lipinski definition) is 1. The molecule has 0 aliphatic heterocycles. The van der Waals surface area contributed by atoms with Gasteiger partial charge in [-0.2, -0.15) is 0 Å². The molecule has 0 fully saturated rings. The summed E-state index contributed by atoms with van der Waals surface area (Å²) in [5, 5.41) is 7.84. The van der Waals surface area contributed by atoms with Gasteiger partial charge in [0.25, 0.3) is 0 Å². The second kappa shape index (κ2) is 11.0. The van der Waals surface area contributed by atoms with Crippen molar-refractivity contribution >= 4 is 27.6 Å². The fourth-order valence-electron chi connectivity index (χ4n) is 3.24. The van der Waals surface area contributed by atoms with Gasteiger partial charge in [-0.25, -0.2) is 18.4 Å². The minimum atomic E-state index is -3.91. The summed E-state index contributed by atoms with van der Waals surface area (Å²) in [4.78, 5) is 12.4. The molecule has 0 amide bonds. The number of sulfonamides is 1. The molecule has 33 heavy (non-hydrogen) atoms. The van der Waals surface area contributed by atoms with Gasteiger partial charge in [0.2, 0.25) is 16.0 Å². The Hall–Kier alpha value is -2.67. The molecule has 0 aliphatic rings. The molecule has 0 aliphatic carbocycles. The van der Waals surface area contributed by atoms with Crippen LogP contribution in [0.5, 0.6) is 0 Å². The zero-order valence-electron chi connectivity index (χ0n) is 18.7. The maximum Gasteiger partial charge on any atom is 0.238 e. The molecule has 0 saturated carbocycles. The van der Waals surface area contributed by atoms with Crippen molar-refractivity contribution in [3.05, 3.63) is 47.8 Å². The summed E-state index contributed by atoms with van der Waals surface area (Å²) < 4.78 is 41.4. The van der Waals surface area contributed by atoms with Crippen LogP contribution in [0.3, 0.4) is 0 Å². The first-order chi connectivity index (χ1) is 15.8. The molecule has 178 valence electrons. The number of anilines is 1. The van der Waals surface area contributed by atoms with Crippen LogP contribution in [0.4, 0.5) is 5.95 Å². The van der Waals surface area contributed by atoms with Crippen LogP contribution in [0.1, 0.15) is 31.6 Å². The van der Waals surface area contributed by atoms with Crippen LogP contribution in [0.25, 0.3) is 11.4 Å². The second-order valence-electron chi connectivity index (χ2n) is 7.42. The number of rotatable bonds is 11. The smallest absolute Gasteiger partial charge is 0.238 e. The number of pyridine rings is 1. The molecule has 3 aromatic rings. The number of hydrogen-bond acceptors (Lipinski definition) is 9. The highest BCUT2D eigenvalue weighted by Gasteiger charge is 2.32. The van der Waals surface area contributed by atoms with Gasteiger partial charge in [0.05, 0.1) is 29.5 Å². The van der Waals surface area contributed by atoms with Crippen molar-refractivity contribution in [3.63, 3.8) is 0 Å². The van der Waals surface area contributed by atoms with E-state index in [2.05, 4.69) is 29.9 Å². The fraction of sp³-hybridized carbons (Fsp3) is 0.450. The summed E-state index contributed by atoms with van der Waals surface area (Å²) in [7, 11) is -0.805. The largest absolute Gasteiger partial charge is 0.382 e. The Morgan fingerprint density at radius 2 is 1.76 bits per heavy atom. The lowest BCUT2D eigenvalue weighted by Crippen LogP contribution is -2.32. The molecule has 1 N–H and O–H groups in total. The van der Waals surface area contributed by atoms with Gasteiger partial charge in [0, 0.05) is 50.5 Å². The third-order valence-corrected chi connectivity index (χ3v) is 7.22. The summed E-state index contributed by atoms with van der Waals surface area (Å²) >= 11 is 5.85. The summed E-state index contributed by atoms with van der Waals surface area (Å²) in [5.41, 5.74) is 0.670. The van der Waals surface area contributed by atoms with E-state index in [0.717, 1.165) is 0 Å². The van der Waals surface area contributed by atoms with Crippen molar-refractivity contribution in [2.45, 2.75) is 31.1 Å². The Labute approximate surface area is 197 Å². The lowest BCUT2D eigenvalue weighted by Gasteiger charge is -2.23. The standard InChI is InChI=1S/C20H26ClN7O4S/c1-13(18-23-9-16(21)10-24-18)14(2)33(29,30)27-20-26-25-19(15-6-5-7-22-8-15)28(20)17(11-31-3)12-32-4/h5-10,13-14,17H,11-12H2,1-4H3,(H,26,27)/t13-,14-/m0/s1. The molecule has 0 spiro atoms. The summed E-state index contributed by atoms with van der Waals surface area (Å²) in [6, 6.07) is 3.18. The van der Waals surface area contributed by atoms with Crippen molar-refractivity contribution in [2.75, 3.05) is 32.2 Å². The van der Waals surface area contributed by atoms with Gasteiger partial charge in [-0.15, -0.1) is 10.2 Å². The van der Waals surface area contributed by atoms with Gasteiger partial charge in [-0.3, -0.25) is 14.3 Å². The second-order valence-corrected chi connectivity index (χ2v) is 9.90. The third kappa shape index (κ3) is 5.82. The van der Waals surface area contributed by atoms with Crippen LogP contribution < -0.4 is 4.72 Å². The van der Waals surface area contributed by atoms with Crippen molar-refractivity contribution in [1.29, 1.82) is 0 Å². The topological polar surface area (TPSA) is 134 Å². The van der Waals surface area contributed by atoms with Gasteiger partial charge < -0.3 is 9.47 Å². The van der Waals surface area contributed by atoms with Crippen molar-refractivity contribution in [2.24, 2.45) is 0 Å². The molecule has 13 heteroatoms. The van der Waals surface area contributed by atoms with E-state index in [-0.39, 0.29) is 19.2 Å². The van der Waals surface area contributed by atoms with Gasteiger partial charge in [0.1, 0.15) is 5.82 Å². The van der Waals surface area contributed by atoms with E-state index >= 15 is 0 Å². The van der Waals surface area contributed by atoms with Gasteiger partial charge in [-0.05, 0) is 19.1 Å². The van der Waals surface area contributed by atoms with Gasteiger partial charge in [0.15, 0.2) is 5.82 Å². The minimum Gasteiger partial charge on any atom is -0.382 e. The Morgan fingerprint density at radius 1 is 1.09 bits per heavy atom. The minimum absolute atomic E-state index is 0.0454. The van der Waals surface area contributed by atoms with Crippen molar-refractivity contribution < 1.29 is 17.9 Å². The first-order valence-corrected chi connectivity index (χ1v) is 12.0. The molecular weight excluding hydrogens is 470 g/mol. The molecule has 3 heterocycles. The van der Waals surface area contributed by atoms with Gasteiger partial charge in [-0.1, -0.05) is 18.5 Å². The number of nitrogens with one attached hydrogen (secondary N) is 1. The molecule has 0 saturated heterocycles. The number of halogens is 1. The Morgan fingerprint density at radius 3 is 2.33 bits per heavy atom. The number of ether oxygens (including phenoxy) is 2. The normalized spacial score (nSPS) is 13.8. The van der Waals surface area contributed by atoms with Gasteiger partial charge >= 0.3 is 0 Å². The lowest BCUT2D eigenvalue weighted by atomic mass is 10.1. The SMILES string of the molecule is COCC(COC)n1c(NS(=O)(=O)[C@@H](C)[C@H](C)c2ncc(Cl)cn2)nnc1-c1cccnc1. The van der Waals surface area contributed by atoms with Crippen LogP contribution in [0.15, 0.2) is 36.9 Å². The number of aromatic nitrogens is 6. The van der Waals surface area contributed by atoms with Crippen LogP contribution >= 0.6 is 11.6 Å². The van der Waals surface area contributed by atoms with Crippen LogP contribution in [0, 0.1) is 0 Å². The van der Waals surface area contributed by atoms with E-state index < -0.39 is 27.2 Å². The highest BCUT2D eigenvalue weighted by Crippen LogP contribution is 2.28. The summed E-state index contributed by atoms with van der Waals surface area (Å²) in [6.45, 7) is 3.81. The lowest BCUT2D eigenvalue weighted by molar-refractivity contribution is 0.0909. The highest BCUT2D eigenvalue weighted by atomic mass is 35.5. The molecular formula is C20H26ClN7O4S. The van der Waals surface area contributed by atoms with Crippen LogP contribution in [-0.2, 0) is 19.5 Å². The Kier molecular flexibility index (Phi) is 8.30. The van der Waals surface area contributed by atoms with E-state index in [4.69, 9.17) is 21.1 Å². The quantitative estimate of drug-likeness (QED) is 0.425. The molecule has 11 nitrogen and oxygen atoms in total. The zero-order valence-corrected chi connectivity index (χ0v) is 20.3. The first-order valence-electron chi connectivity index (χ1n) is 10.1. The molecule has 0 radical (unpaired) electrons. The molecule has 3 rings (SSSR count). The monoisotopic (exact) mass is 495 g/mol. The Bertz CT molecular complexity index is 1140. The average Bonchev–Trinajstić information content (AvgIpc) is 3.21. The predicted molar refractivity (Wildman–Crippen MR) is 124 cm³/mol. The maximum absolute atomic E-state index is 13.3. The number of methoxy groups -OCH3 is 2. The van der Waals surface area contributed by atoms with E-state index in [1.165, 1.54) is 12.4 Å². The van der Waals surface area contributed by atoms with E-state index in [9.17, 15) is 8.42 Å². The van der Waals surface area contributed by atoms with Crippen molar-refractivity contribution in [3.8, 4) is 11.4 Å². The maximum atomic E-state index is 13.3. The molecule has 0 aromatic carbocycles. The summed E-state index contributed by atoms with van der Waals surface area (Å²) in [5.74, 6) is 0.333. The zero-order chi connectivity index (χ0) is 24.0. The Balaban J connectivity index is 1.97. The molecule has 3 aromatic heterocycles. The van der Waals surface area contributed by atoms with E-state index in [0.29, 0.717) is 22.2 Å². The molecule has 0 bridgehead atoms. The molecule has 2 atom stereocenters. The summed E-state index contributed by atoms with van der Waals surface area (Å²) in [6.07, 6.45) is 6.13.